The number of alkyl halides is 2. The molecule has 4 radical (unpaired) electrons. The van der Waals surface area contributed by atoms with Crippen molar-refractivity contribution in [2.24, 2.45) is 0 Å². The lowest BCUT2D eigenvalue weighted by Gasteiger charge is -2.30. The van der Waals surface area contributed by atoms with Gasteiger partial charge < -0.3 is 87.5 Å². The molecular formula is C51H54B2F2N16O20P4S2. The third kappa shape index (κ3) is 12.5. The zero-order chi connectivity index (χ0) is 67.8. The monoisotopic (exact) mass is 1460 g/mol. The first-order chi connectivity index (χ1) is 46.3. The summed E-state index contributed by atoms with van der Waals surface area (Å²) >= 11 is 9.35. The van der Waals surface area contributed by atoms with Gasteiger partial charge in [-0.2, -0.15) is 0 Å². The van der Waals surface area contributed by atoms with Crippen molar-refractivity contribution in [3.63, 3.8) is 0 Å². The van der Waals surface area contributed by atoms with Crippen LogP contribution in [0.3, 0.4) is 0 Å². The number of nitrogens with one attached hydrogen (secondary N) is 2. The second-order valence-corrected chi connectivity index (χ2v) is 32.1. The van der Waals surface area contributed by atoms with Crippen molar-refractivity contribution < 1.29 is 102 Å². The van der Waals surface area contributed by atoms with Crippen LogP contribution in [0.15, 0.2) is 62.2 Å². The van der Waals surface area contributed by atoms with Gasteiger partial charge in [-0.05, 0) is 47.9 Å². The van der Waals surface area contributed by atoms with Crippen LogP contribution < -0.4 is 22.1 Å². The fourth-order valence-corrected chi connectivity index (χ4v) is 17.9. The van der Waals surface area contributed by atoms with Crippen LogP contribution in [0.4, 0.5) is 31.8 Å². The summed E-state index contributed by atoms with van der Waals surface area (Å²) in [5.41, 5.74) is 16.1. The number of ether oxygens (including phenoxy) is 5. The Kier molecular flexibility index (Phi) is 17.7. The molecule has 6 saturated heterocycles. The summed E-state index contributed by atoms with van der Waals surface area (Å²) in [6.45, 7) is -10.9. The Hall–Kier alpha value is -5.90. The molecule has 8 aliphatic heterocycles. The average Bonchev–Trinajstić information content (AvgIpc) is 1.61. The average molecular weight is 1460 g/mol. The Bertz CT molecular complexity index is 4670. The summed E-state index contributed by atoms with van der Waals surface area (Å²) in [6.07, 6.45) is -9.63. The highest BCUT2D eigenvalue weighted by Gasteiger charge is 2.56. The van der Waals surface area contributed by atoms with Crippen molar-refractivity contribution in [2.45, 2.75) is 124 Å². The standard InChI is InChI=1S/C26H28BFN8O10P2S.C25H26BFN8O10P2S/c1-40-21-20-14(44-26(21)35-6-11-2-3-15(37)34-12-4-5-30-23(35)16(11)12)8-42-48(39,49)46-19-13(7-41-47(27,38)45-20)43-25(17(19)28)36-10-33-18-22(29)31-9-32-24(18)36;26-46(38)40-6-12-19(16(27)24(42-12)35-9-32-17-21(28)30-8-31-23(17)35)45-47(39,48)41-7-13-20(44-46)18(37)25(43-13)34-5-10-1-2-14(36)33-11-3-4-29-22(34)15(10)11/h4-6,9-10,13-14,17,19-21,25-26H,2-3,7-8H2,1H3,(H,34,37)(H,39,49)(H2,29,31,32);3-5,8-9,12-13,16,18-20,24-25,37H,1-2,6-7H2,(H,33,36)(H,39,48)(H2,28,30,31)/t13-,14-,17?,19+,20?,21+,25-,26-,47?,48?;12-,13-,16?,18+,19+,20?,24-,25-,46?,47?/m11/s1. The van der Waals surface area contributed by atoms with E-state index in [2.05, 4.69) is 62.8 Å². The summed E-state index contributed by atoms with van der Waals surface area (Å²) in [7, 11) is 4.47. The quantitative estimate of drug-likeness (QED) is 0.0732. The van der Waals surface area contributed by atoms with Crippen molar-refractivity contribution in [3.8, 4) is 0 Å². The second kappa shape index (κ2) is 25.6. The van der Waals surface area contributed by atoms with Crippen LogP contribution in [0.2, 0.25) is 0 Å². The lowest BCUT2D eigenvalue weighted by atomic mass is 10.1. The van der Waals surface area contributed by atoms with E-state index in [0.717, 1.165) is 16.5 Å². The molecule has 36 nitrogen and oxygen atoms in total. The Labute approximate surface area is 557 Å². The number of halogens is 2. The van der Waals surface area contributed by atoms with Gasteiger partial charge in [-0.3, -0.25) is 41.4 Å². The van der Waals surface area contributed by atoms with Gasteiger partial charge in [0.25, 0.3) is 14.9 Å². The van der Waals surface area contributed by atoms with Gasteiger partial charge in [0, 0.05) is 55.5 Å². The number of imidazole rings is 2. The number of aliphatic hydroxyl groups is 1. The first-order valence-electron chi connectivity index (χ1n) is 29.6. The highest BCUT2D eigenvalue weighted by atomic mass is 32.7. The van der Waals surface area contributed by atoms with Crippen molar-refractivity contribution >= 4 is 147 Å². The number of anilines is 4. The fourth-order valence-electron chi connectivity index (χ4n) is 13.0. The number of carbonyl (C=O) groups is 2. The van der Waals surface area contributed by atoms with E-state index in [1.165, 1.54) is 47.8 Å². The molecule has 0 bridgehead atoms. The van der Waals surface area contributed by atoms with Gasteiger partial charge in [0.05, 0.1) is 50.5 Å². The molecule has 16 rings (SSSR count). The number of hydrogen-bond acceptors (Lipinski definition) is 30. The summed E-state index contributed by atoms with van der Waals surface area (Å²) in [6, 6.07) is 3.36. The van der Waals surface area contributed by atoms with Crippen LogP contribution in [-0.2, 0) is 108 Å². The van der Waals surface area contributed by atoms with Gasteiger partial charge in [0.2, 0.25) is 26.9 Å². The Morgan fingerprint density at radius 3 is 1.59 bits per heavy atom. The van der Waals surface area contributed by atoms with E-state index in [4.69, 9.17) is 98.3 Å². The van der Waals surface area contributed by atoms with Gasteiger partial charge in [-0.1, -0.05) is 12.2 Å². The number of fused-ring (bicyclic) bond motifs is 6. The molecule has 0 aromatic carbocycles. The SMILES string of the molecule is [B]P1(=O)OC[C@H]2O[C@@H](n3cnc4c(N)ncnc43)C(F)[C@H]2OP(=O)(S)OC[C@H]2O[C@@H](n3cc4c5c(ccnc53)NC(=O)CC4)[C@@H](OC)C2O1.[B]P1(=O)OC[C@H]2O[C@@H](n3cnc4c(N)ncnc43)C(F)[C@H]2OP(O)(=S)OC[C@H]2O[C@@H](n3cc4c5c(ccnc53)NC(=O)CC4)[C@@H](O)C2O1. The second-order valence-electron chi connectivity index (χ2n) is 23.3. The van der Waals surface area contributed by atoms with Crippen molar-refractivity contribution in [3.05, 3.63) is 73.4 Å². The highest BCUT2D eigenvalue weighted by molar-refractivity contribution is 8.44. The fraction of sp³-hybridized carbons (Fsp3) is 0.490. The van der Waals surface area contributed by atoms with Gasteiger partial charge >= 0.3 is 13.5 Å². The number of aryl methyl sites for hydroxylation is 2. The molecule has 8 unspecified atom stereocenters. The molecule has 2 amide bonds. The number of nitrogens with two attached hydrogens (primary N) is 2. The molecule has 8 aromatic heterocycles. The lowest BCUT2D eigenvalue weighted by Crippen LogP contribution is -2.39. The van der Waals surface area contributed by atoms with Crippen LogP contribution in [0.5, 0.6) is 0 Å². The molecule has 510 valence electrons. The maximum absolute atomic E-state index is 16.1. The zero-order valence-electron chi connectivity index (χ0n) is 50.0. The Morgan fingerprint density at radius 2 is 1.05 bits per heavy atom. The minimum Gasteiger partial charge on any atom is -0.386 e. The summed E-state index contributed by atoms with van der Waals surface area (Å²) < 4.78 is 154. The van der Waals surface area contributed by atoms with Crippen LogP contribution in [0.1, 0.15) is 48.9 Å². The predicted molar refractivity (Wildman–Crippen MR) is 338 cm³/mol. The predicted octanol–water partition coefficient (Wildman–Crippen LogP) is 3.77. The smallest absolute Gasteiger partial charge is 0.386 e. The van der Waals surface area contributed by atoms with Crippen molar-refractivity contribution in [2.75, 3.05) is 55.6 Å². The van der Waals surface area contributed by atoms with Gasteiger partial charge in [-0.15, -0.1) is 0 Å². The van der Waals surface area contributed by atoms with Gasteiger partial charge in [0.15, 0.2) is 60.2 Å². The summed E-state index contributed by atoms with van der Waals surface area (Å²) in [4.78, 5) is 68.7. The third-order valence-corrected chi connectivity index (χ3v) is 22.6. The number of aliphatic hydroxyl groups excluding tert-OH is 1. The van der Waals surface area contributed by atoms with Crippen LogP contribution in [-0.4, -0.2) is 202 Å². The van der Waals surface area contributed by atoms with E-state index in [0.29, 0.717) is 40.9 Å². The number of aromatic nitrogens is 12. The molecule has 97 heavy (non-hydrogen) atoms. The molecule has 0 aliphatic carbocycles. The molecule has 8 aliphatic rings. The lowest BCUT2D eigenvalue weighted by molar-refractivity contribution is -0.116. The number of carbonyl (C=O) groups excluding carboxylic acids is 2. The van der Waals surface area contributed by atoms with E-state index >= 15 is 8.78 Å². The summed E-state index contributed by atoms with van der Waals surface area (Å²) in [5.74, 6) is -0.146. The minimum absolute atomic E-state index is 0.0602. The molecule has 20 atom stereocenters. The van der Waals surface area contributed by atoms with E-state index in [1.807, 2.05) is 0 Å². The van der Waals surface area contributed by atoms with Crippen LogP contribution >= 0.6 is 40.7 Å². The van der Waals surface area contributed by atoms with Crippen LogP contribution in [0.25, 0.3) is 44.4 Å². The van der Waals surface area contributed by atoms with Gasteiger partial charge in [-0.25, -0.2) is 53.2 Å². The van der Waals surface area contributed by atoms with Crippen LogP contribution in [0, 0.1) is 0 Å². The number of amides is 2. The van der Waals surface area contributed by atoms with E-state index in [-0.39, 0.29) is 58.6 Å². The van der Waals surface area contributed by atoms with E-state index in [9.17, 15) is 33.3 Å². The van der Waals surface area contributed by atoms with E-state index in [1.54, 1.807) is 39.9 Å². The highest BCUT2D eigenvalue weighted by Crippen LogP contribution is 2.60. The number of methoxy groups -OCH3 is 1. The maximum atomic E-state index is 16.1. The number of thiol groups is 1. The number of rotatable bonds is 5. The van der Waals surface area contributed by atoms with Crippen molar-refractivity contribution in [1.29, 1.82) is 0 Å². The molecular weight excluding hydrogens is 1400 g/mol. The molecule has 0 spiro atoms. The molecule has 8 aromatic rings. The number of nitrogen functional groups attached to an aromatic ring is 2. The minimum atomic E-state index is -4.51. The molecule has 8 N–H and O–H groups in total. The molecule has 46 heteroatoms. The first kappa shape index (κ1) is 67.0. The Balaban J connectivity index is 0.000000159. The Morgan fingerprint density at radius 1 is 0.598 bits per heavy atom. The van der Waals surface area contributed by atoms with Gasteiger partial charge in [0.1, 0.15) is 96.0 Å². The topological polar surface area (TPSA) is 445 Å². The first-order valence-corrected chi connectivity index (χ1v) is 38.1. The molecule has 0 saturated carbocycles. The molecule has 16 heterocycles. The summed E-state index contributed by atoms with van der Waals surface area (Å²) in [5, 5.41) is 18.6. The normalized spacial score (nSPS) is 37.1. The number of nitrogens with zero attached hydrogens (tertiary/aromatic N) is 12. The van der Waals surface area contributed by atoms with Crippen molar-refractivity contribution in [1.82, 2.24) is 58.1 Å². The largest absolute Gasteiger partial charge is 0.386 e. The third-order valence-electron chi connectivity index (χ3n) is 17.3. The number of pyridine rings is 2. The molecule has 6 fully saturated rings. The zero-order valence-corrected chi connectivity index (χ0v) is 55.3. The maximum Gasteiger partial charge on any atom is 0.386 e. The number of hydrogen-bond donors (Lipinski definition) is 7. The van der Waals surface area contributed by atoms with E-state index < -0.39 is 153 Å².